The van der Waals surface area contributed by atoms with E-state index in [0.717, 1.165) is 0 Å². The summed E-state index contributed by atoms with van der Waals surface area (Å²) in [5.41, 5.74) is 6.69. The number of carbonyl (C=O) groups excluding carboxylic acids is 1. The lowest BCUT2D eigenvalue weighted by Crippen LogP contribution is -2.18. The Balaban J connectivity index is 3.00. The molecular weight excluding hydrogens is 234 g/mol. The average Bonchev–Trinajstić information content (AvgIpc) is 2.37. The van der Waals surface area contributed by atoms with E-state index in [-0.39, 0.29) is 11.3 Å². The van der Waals surface area contributed by atoms with E-state index < -0.39 is 18.4 Å². The maximum Gasteiger partial charge on any atom is 0.342 e. The molecule has 0 saturated heterocycles. The molecule has 1 aromatic carbocycles. The van der Waals surface area contributed by atoms with Crippen LogP contribution in [0.4, 0.5) is 5.69 Å². The number of nitrogen functional groups attached to an aromatic ring is 1. The molecule has 0 fully saturated rings. The number of hydrogen-bond acceptors (Lipinski definition) is 5. The van der Waals surface area contributed by atoms with Crippen LogP contribution >= 0.6 is 0 Å². The Bertz CT molecular complexity index is 419. The summed E-state index contributed by atoms with van der Waals surface area (Å²) in [4.78, 5) is 11.8. The molecule has 0 saturated carbocycles. The predicted octanol–water partition coefficient (Wildman–Crippen LogP) is 1.60. The average molecular weight is 253 g/mol. The molecule has 0 bridgehead atoms. The SMILES string of the molecule is CCC(O)OC(=O)c1cccc(C(O)CC)c1N. The standard InChI is InChI=1S/C13H19NO4/c1-3-10(15)8-6-5-7-9(12(8)14)13(17)18-11(16)4-2/h5-7,10-11,15-16H,3-4,14H2,1-2H3. The van der Waals surface area contributed by atoms with Gasteiger partial charge in [0.1, 0.15) is 0 Å². The van der Waals surface area contributed by atoms with E-state index in [1.54, 1.807) is 19.1 Å². The van der Waals surface area contributed by atoms with Gasteiger partial charge >= 0.3 is 5.97 Å². The zero-order valence-electron chi connectivity index (χ0n) is 10.6. The zero-order chi connectivity index (χ0) is 13.7. The number of carbonyl (C=O) groups is 1. The van der Waals surface area contributed by atoms with Gasteiger partial charge in [0.15, 0.2) is 0 Å². The summed E-state index contributed by atoms with van der Waals surface area (Å²) in [7, 11) is 0. The summed E-state index contributed by atoms with van der Waals surface area (Å²) in [6.45, 7) is 3.51. The lowest BCUT2D eigenvalue weighted by molar-refractivity contribution is -0.0656. The highest BCUT2D eigenvalue weighted by Crippen LogP contribution is 2.26. The first-order valence-corrected chi connectivity index (χ1v) is 5.96. The number of para-hydroxylation sites is 1. The Morgan fingerprint density at radius 1 is 1.33 bits per heavy atom. The van der Waals surface area contributed by atoms with E-state index in [9.17, 15) is 15.0 Å². The number of aliphatic hydroxyl groups excluding tert-OH is 2. The Kier molecular flexibility index (Phi) is 5.12. The normalized spacial score (nSPS) is 14.0. The second-order valence-corrected chi connectivity index (χ2v) is 4.00. The summed E-state index contributed by atoms with van der Waals surface area (Å²) >= 11 is 0. The van der Waals surface area contributed by atoms with Gasteiger partial charge in [-0.1, -0.05) is 26.0 Å². The first-order valence-electron chi connectivity index (χ1n) is 5.96. The minimum atomic E-state index is -1.14. The molecule has 2 unspecified atom stereocenters. The van der Waals surface area contributed by atoms with Crippen molar-refractivity contribution in [3.8, 4) is 0 Å². The van der Waals surface area contributed by atoms with Gasteiger partial charge in [-0.15, -0.1) is 0 Å². The Hall–Kier alpha value is -1.59. The van der Waals surface area contributed by atoms with E-state index in [4.69, 9.17) is 10.5 Å². The molecule has 0 radical (unpaired) electrons. The topological polar surface area (TPSA) is 92.8 Å². The van der Waals surface area contributed by atoms with Crippen molar-refractivity contribution in [3.05, 3.63) is 29.3 Å². The maximum absolute atomic E-state index is 11.8. The molecule has 0 spiro atoms. The molecule has 100 valence electrons. The van der Waals surface area contributed by atoms with Crippen LogP contribution in [0, 0.1) is 0 Å². The molecule has 1 rings (SSSR count). The molecule has 0 aliphatic rings. The number of ether oxygens (including phenoxy) is 1. The van der Waals surface area contributed by atoms with Gasteiger partial charge in [-0.25, -0.2) is 4.79 Å². The van der Waals surface area contributed by atoms with Gasteiger partial charge in [-0.2, -0.15) is 0 Å². The summed E-state index contributed by atoms with van der Waals surface area (Å²) in [6, 6.07) is 4.79. The summed E-state index contributed by atoms with van der Waals surface area (Å²) in [6.07, 6.45) is -1.05. The fourth-order valence-electron chi connectivity index (χ4n) is 1.54. The summed E-state index contributed by atoms with van der Waals surface area (Å²) in [5, 5.41) is 19.0. The van der Waals surface area contributed by atoms with Gasteiger partial charge in [-0.05, 0) is 12.5 Å². The number of esters is 1. The van der Waals surface area contributed by atoms with Crippen LogP contribution in [0.5, 0.6) is 0 Å². The van der Waals surface area contributed by atoms with Crippen LogP contribution in [0.25, 0.3) is 0 Å². The molecule has 4 N–H and O–H groups in total. The van der Waals surface area contributed by atoms with Gasteiger partial charge in [0, 0.05) is 12.0 Å². The van der Waals surface area contributed by atoms with Crippen molar-refractivity contribution in [3.63, 3.8) is 0 Å². The third-order valence-corrected chi connectivity index (χ3v) is 2.70. The van der Waals surface area contributed by atoms with Crippen molar-refractivity contribution in [1.82, 2.24) is 0 Å². The third-order valence-electron chi connectivity index (χ3n) is 2.70. The third kappa shape index (κ3) is 3.21. The van der Waals surface area contributed by atoms with E-state index in [2.05, 4.69) is 0 Å². The Morgan fingerprint density at radius 3 is 2.56 bits per heavy atom. The smallest absolute Gasteiger partial charge is 0.342 e. The molecule has 5 nitrogen and oxygen atoms in total. The van der Waals surface area contributed by atoms with Crippen LogP contribution in [-0.4, -0.2) is 22.5 Å². The Morgan fingerprint density at radius 2 is 2.00 bits per heavy atom. The lowest BCUT2D eigenvalue weighted by Gasteiger charge is -2.15. The molecular formula is C13H19NO4. The molecule has 0 amide bonds. The Labute approximate surface area is 106 Å². The van der Waals surface area contributed by atoms with Crippen LogP contribution < -0.4 is 5.73 Å². The van der Waals surface area contributed by atoms with Gasteiger partial charge in [0.05, 0.1) is 17.4 Å². The fraction of sp³-hybridized carbons (Fsp3) is 0.462. The minimum absolute atomic E-state index is 0.160. The highest BCUT2D eigenvalue weighted by atomic mass is 16.6. The van der Waals surface area contributed by atoms with Crippen molar-refractivity contribution in [2.24, 2.45) is 0 Å². The quantitative estimate of drug-likeness (QED) is 0.421. The van der Waals surface area contributed by atoms with E-state index in [1.165, 1.54) is 6.07 Å². The van der Waals surface area contributed by atoms with Crippen LogP contribution in [0.3, 0.4) is 0 Å². The van der Waals surface area contributed by atoms with Gasteiger partial charge in [0.25, 0.3) is 0 Å². The largest absolute Gasteiger partial charge is 0.432 e. The number of anilines is 1. The summed E-state index contributed by atoms with van der Waals surface area (Å²) < 4.78 is 4.79. The maximum atomic E-state index is 11.8. The molecule has 2 atom stereocenters. The second kappa shape index (κ2) is 6.37. The van der Waals surface area contributed by atoms with E-state index in [1.807, 2.05) is 6.92 Å². The van der Waals surface area contributed by atoms with E-state index >= 15 is 0 Å². The highest BCUT2D eigenvalue weighted by molar-refractivity contribution is 5.95. The summed E-state index contributed by atoms with van der Waals surface area (Å²) in [5.74, 6) is -0.688. The molecule has 0 aromatic heterocycles. The van der Waals surface area contributed by atoms with Gasteiger partial charge in [-0.3, -0.25) is 0 Å². The number of aliphatic hydroxyl groups is 2. The van der Waals surface area contributed by atoms with Crippen molar-refractivity contribution >= 4 is 11.7 Å². The predicted molar refractivity (Wildman–Crippen MR) is 67.8 cm³/mol. The highest BCUT2D eigenvalue weighted by Gasteiger charge is 2.18. The molecule has 0 aliphatic carbocycles. The number of benzene rings is 1. The van der Waals surface area contributed by atoms with Crippen LogP contribution in [0.1, 0.15) is 48.7 Å². The monoisotopic (exact) mass is 253 g/mol. The van der Waals surface area contributed by atoms with Crippen molar-refractivity contribution in [2.45, 2.75) is 39.1 Å². The van der Waals surface area contributed by atoms with Crippen molar-refractivity contribution in [2.75, 3.05) is 5.73 Å². The zero-order valence-corrected chi connectivity index (χ0v) is 10.6. The van der Waals surface area contributed by atoms with Crippen molar-refractivity contribution in [1.29, 1.82) is 0 Å². The number of nitrogens with two attached hydrogens (primary N) is 1. The number of rotatable bonds is 5. The lowest BCUT2D eigenvalue weighted by atomic mass is 10.0. The fourth-order valence-corrected chi connectivity index (χ4v) is 1.54. The second-order valence-electron chi connectivity index (χ2n) is 4.00. The van der Waals surface area contributed by atoms with Crippen molar-refractivity contribution < 1.29 is 19.7 Å². The molecule has 18 heavy (non-hydrogen) atoms. The molecule has 5 heteroatoms. The van der Waals surface area contributed by atoms with Crippen LogP contribution in [-0.2, 0) is 4.74 Å². The molecule has 0 aliphatic heterocycles. The van der Waals surface area contributed by atoms with Crippen LogP contribution in [0.2, 0.25) is 0 Å². The van der Waals surface area contributed by atoms with Gasteiger partial charge in [0.2, 0.25) is 6.29 Å². The number of hydrogen-bond donors (Lipinski definition) is 3. The van der Waals surface area contributed by atoms with Gasteiger partial charge < -0.3 is 20.7 Å². The minimum Gasteiger partial charge on any atom is -0.432 e. The molecule has 1 aromatic rings. The van der Waals surface area contributed by atoms with E-state index in [0.29, 0.717) is 18.4 Å². The molecule has 0 heterocycles. The van der Waals surface area contributed by atoms with Crippen LogP contribution in [0.15, 0.2) is 18.2 Å². The first-order chi connectivity index (χ1) is 8.51. The first kappa shape index (κ1) is 14.5.